The summed E-state index contributed by atoms with van der Waals surface area (Å²) in [5.74, 6) is 1.14. The van der Waals surface area contributed by atoms with E-state index in [2.05, 4.69) is 36.4 Å². The zero-order chi connectivity index (χ0) is 16.6. The molecule has 0 aliphatic carbocycles. The zero-order valence-corrected chi connectivity index (χ0v) is 14.5. The summed E-state index contributed by atoms with van der Waals surface area (Å²) in [4.78, 5) is 0. The lowest BCUT2D eigenvalue weighted by Crippen LogP contribution is -2.30. The van der Waals surface area contributed by atoms with E-state index in [0.717, 1.165) is 32.3 Å². The Hall–Kier alpha value is -1.16. The van der Waals surface area contributed by atoms with Gasteiger partial charge in [-0.3, -0.25) is 0 Å². The molecule has 3 heteroatoms. The van der Waals surface area contributed by atoms with E-state index in [1.807, 2.05) is 6.07 Å². The van der Waals surface area contributed by atoms with Crippen LogP contribution in [0.25, 0.3) is 0 Å². The van der Waals surface area contributed by atoms with Gasteiger partial charge in [-0.1, -0.05) is 42.5 Å². The molecule has 2 heterocycles. The maximum atomic E-state index is 8.81. The minimum absolute atomic E-state index is 0.300. The van der Waals surface area contributed by atoms with Gasteiger partial charge in [-0.2, -0.15) is 0 Å². The summed E-state index contributed by atoms with van der Waals surface area (Å²) in [6.07, 6.45) is 12.0. The fourth-order valence-corrected chi connectivity index (χ4v) is 4.06. The average Bonchev–Trinajstić information content (AvgIpc) is 3.21. The molecule has 1 aromatic carbocycles. The van der Waals surface area contributed by atoms with Crippen LogP contribution in [0.4, 0.5) is 0 Å². The molecule has 0 saturated carbocycles. The molecule has 0 unspecified atom stereocenters. The second-order valence-electron chi connectivity index (χ2n) is 7.05. The predicted octanol–water partition coefficient (Wildman–Crippen LogP) is 4.11. The van der Waals surface area contributed by atoms with Crippen molar-refractivity contribution in [2.75, 3.05) is 13.2 Å². The lowest BCUT2D eigenvalue weighted by atomic mass is 9.78. The van der Waals surface area contributed by atoms with E-state index < -0.39 is 0 Å². The SMILES string of the molecule is OCCCC/C=C\C[C@H]1[C@@H](COCc2ccccc2)[C@H]2CC[C@@H]1O2. The van der Waals surface area contributed by atoms with E-state index in [0.29, 0.717) is 37.3 Å². The first-order chi connectivity index (χ1) is 11.9. The first kappa shape index (κ1) is 17.7. The molecule has 1 N–H and O–H groups in total. The quantitative estimate of drug-likeness (QED) is 0.518. The van der Waals surface area contributed by atoms with E-state index in [-0.39, 0.29) is 0 Å². The molecule has 2 aliphatic rings. The van der Waals surface area contributed by atoms with E-state index in [9.17, 15) is 0 Å². The summed E-state index contributed by atoms with van der Waals surface area (Å²) < 4.78 is 12.2. The first-order valence-corrected chi connectivity index (χ1v) is 9.41. The number of aliphatic hydroxyl groups is 1. The van der Waals surface area contributed by atoms with Gasteiger partial charge in [-0.15, -0.1) is 0 Å². The molecule has 3 nitrogen and oxygen atoms in total. The van der Waals surface area contributed by atoms with Crippen LogP contribution in [0, 0.1) is 11.8 Å². The van der Waals surface area contributed by atoms with Crippen LogP contribution < -0.4 is 0 Å². The molecule has 3 rings (SSSR count). The van der Waals surface area contributed by atoms with Gasteiger partial charge in [0.05, 0.1) is 25.4 Å². The maximum absolute atomic E-state index is 8.81. The molecule has 2 aliphatic heterocycles. The largest absolute Gasteiger partial charge is 0.396 e. The summed E-state index contributed by atoms with van der Waals surface area (Å²) in [5.41, 5.74) is 1.24. The van der Waals surface area contributed by atoms with Gasteiger partial charge in [-0.25, -0.2) is 0 Å². The Morgan fingerprint density at radius 3 is 2.62 bits per heavy atom. The van der Waals surface area contributed by atoms with Gasteiger partial charge in [0.1, 0.15) is 0 Å². The van der Waals surface area contributed by atoms with Crippen molar-refractivity contribution in [1.82, 2.24) is 0 Å². The molecule has 24 heavy (non-hydrogen) atoms. The molecule has 132 valence electrons. The molecular formula is C21H30O3. The van der Waals surface area contributed by atoms with Crippen LogP contribution in [0.1, 0.15) is 44.1 Å². The van der Waals surface area contributed by atoms with Crippen LogP contribution in [0.5, 0.6) is 0 Å². The van der Waals surface area contributed by atoms with E-state index in [4.69, 9.17) is 14.6 Å². The van der Waals surface area contributed by atoms with Crippen molar-refractivity contribution < 1.29 is 14.6 Å². The molecule has 2 bridgehead atoms. The number of ether oxygens (including phenoxy) is 2. The lowest BCUT2D eigenvalue weighted by Gasteiger charge is -2.27. The van der Waals surface area contributed by atoms with Gasteiger partial charge in [0, 0.05) is 12.5 Å². The maximum Gasteiger partial charge on any atom is 0.0717 e. The molecule has 0 amide bonds. The standard InChI is InChI=1S/C21H30O3/c22-14-8-3-1-2-7-11-18-19(21-13-12-20(18)24-21)16-23-15-17-9-5-4-6-10-17/h2,4-7,9-10,18-22H,1,3,8,11-16H2/b7-2-/t18-,19+,20-,21+/m0/s1. The Bertz CT molecular complexity index is 499. The molecule has 0 aromatic heterocycles. The Kier molecular flexibility index (Phi) is 6.88. The number of hydrogen-bond donors (Lipinski definition) is 1. The summed E-state index contributed by atoms with van der Waals surface area (Å²) in [5, 5.41) is 8.81. The molecule has 0 spiro atoms. The molecule has 4 atom stereocenters. The molecular weight excluding hydrogens is 300 g/mol. The minimum Gasteiger partial charge on any atom is -0.396 e. The van der Waals surface area contributed by atoms with Gasteiger partial charge in [0.15, 0.2) is 0 Å². The number of aliphatic hydroxyl groups excluding tert-OH is 1. The highest BCUT2D eigenvalue weighted by Crippen LogP contribution is 2.45. The summed E-state index contributed by atoms with van der Waals surface area (Å²) in [6.45, 7) is 1.80. The third-order valence-electron chi connectivity index (χ3n) is 5.37. The smallest absolute Gasteiger partial charge is 0.0717 e. The Morgan fingerprint density at radius 1 is 1.04 bits per heavy atom. The van der Waals surface area contributed by atoms with Gasteiger partial charge >= 0.3 is 0 Å². The highest BCUT2D eigenvalue weighted by Gasteiger charge is 2.48. The summed E-state index contributed by atoms with van der Waals surface area (Å²) in [7, 11) is 0. The highest BCUT2D eigenvalue weighted by molar-refractivity contribution is 5.13. The summed E-state index contributed by atoms with van der Waals surface area (Å²) >= 11 is 0. The second kappa shape index (κ2) is 9.36. The fourth-order valence-electron chi connectivity index (χ4n) is 4.06. The topological polar surface area (TPSA) is 38.7 Å². The van der Waals surface area contributed by atoms with Gasteiger partial charge in [0.2, 0.25) is 0 Å². The van der Waals surface area contributed by atoms with Crippen LogP contribution in [0.2, 0.25) is 0 Å². The Labute approximate surface area is 145 Å². The third-order valence-corrected chi connectivity index (χ3v) is 5.37. The van der Waals surface area contributed by atoms with Crippen LogP contribution in [0.3, 0.4) is 0 Å². The van der Waals surface area contributed by atoms with Crippen LogP contribution in [-0.2, 0) is 16.1 Å². The summed E-state index contributed by atoms with van der Waals surface area (Å²) in [6, 6.07) is 10.4. The normalized spacial score (nSPS) is 28.9. The van der Waals surface area contributed by atoms with Crippen LogP contribution in [-0.4, -0.2) is 30.5 Å². The number of benzene rings is 1. The number of hydrogen-bond acceptors (Lipinski definition) is 3. The minimum atomic E-state index is 0.300. The first-order valence-electron chi connectivity index (χ1n) is 9.41. The van der Waals surface area contributed by atoms with E-state index >= 15 is 0 Å². The molecule has 2 fully saturated rings. The monoisotopic (exact) mass is 330 g/mol. The average molecular weight is 330 g/mol. The van der Waals surface area contributed by atoms with Crippen molar-refractivity contribution in [3.63, 3.8) is 0 Å². The number of allylic oxidation sites excluding steroid dienone is 2. The Balaban J connectivity index is 1.44. The van der Waals surface area contributed by atoms with Crippen LogP contribution >= 0.6 is 0 Å². The van der Waals surface area contributed by atoms with Gasteiger partial charge < -0.3 is 14.6 Å². The van der Waals surface area contributed by atoms with Crippen molar-refractivity contribution in [3.05, 3.63) is 48.0 Å². The zero-order valence-electron chi connectivity index (χ0n) is 14.5. The van der Waals surface area contributed by atoms with Crippen molar-refractivity contribution in [1.29, 1.82) is 0 Å². The number of unbranched alkanes of at least 4 members (excludes halogenated alkanes) is 2. The fraction of sp³-hybridized carbons (Fsp3) is 0.619. The number of rotatable bonds is 10. The van der Waals surface area contributed by atoms with Crippen molar-refractivity contribution in [2.45, 2.75) is 57.3 Å². The molecule has 0 radical (unpaired) electrons. The van der Waals surface area contributed by atoms with E-state index in [1.54, 1.807) is 0 Å². The second-order valence-corrected chi connectivity index (χ2v) is 7.05. The van der Waals surface area contributed by atoms with Crippen molar-refractivity contribution in [2.24, 2.45) is 11.8 Å². The van der Waals surface area contributed by atoms with Gasteiger partial charge in [-0.05, 0) is 50.0 Å². The number of fused-ring (bicyclic) bond motifs is 2. The highest BCUT2D eigenvalue weighted by atomic mass is 16.5. The lowest BCUT2D eigenvalue weighted by molar-refractivity contribution is 0.0419. The Morgan fingerprint density at radius 2 is 1.83 bits per heavy atom. The van der Waals surface area contributed by atoms with E-state index in [1.165, 1.54) is 18.4 Å². The van der Waals surface area contributed by atoms with Crippen LogP contribution in [0.15, 0.2) is 42.5 Å². The van der Waals surface area contributed by atoms with Crippen molar-refractivity contribution in [3.8, 4) is 0 Å². The van der Waals surface area contributed by atoms with Gasteiger partial charge in [0.25, 0.3) is 0 Å². The van der Waals surface area contributed by atoms with Crippen molar-refractivity contribution >= 4 is 0 Å². The molecule has 2 saturated heterocycles. The third kappa shape index (κ3) is 4.69. The molecule has 1 aromatic rings. The predicted molar refractivity (Wildman–Crippen MR) is 95.7 cm³/mol.